The van der Waals surface area contributed by atoms with E-state index in [4.69, 9.17) is 4.74 Å². The van der Waals surface area contributed by atoms with Crippen LogP contribution in [0.4, 0.5) is 0 Å². The molecular formula is C16H28O. The van der Waals surface area contributed by atoms with Crippen molar-refractivity contribution in [2.24, 2.45) is 16.7 Å². The van der Waals surface area contributed by atoms with Crippen LogP contribution in [0.3, 0.4) is 0 Å². The van der Waals surface area contributed by atoms with E-state index in [1.165, 1.54) is 51.4 Å². The van der Waals surface area contributed by atoms with Crippen LogP contribution in [0, 0.1) is 16.7 Å². The van der Waals surface area contributed by atoms with Gasteiger partial charge in [-0.2, -0.15) is 0 Å². The first-order valence-corrected chi connectivity index (χ1v) is 7.24. The van der Waals surface area contributed by atoms with Crippen molar-refractivity contribution in [3.63, 3.8) is 0 Å². The summed E-state index contributed by atoms with van der Waals surface area (Å²) in [6.07, 6.45) is 13.3. The first-order valence-electron chi connectivity index (χ1n) is 7.24. The third kappa shape index (κ3) is 2.93. The Morgan fingerprint density at radius 1 is 1.29 bits per heavy atom. The van der Waals surface area contributed by atoms with Gasteiger partial charge in [-0.25, -0.2) is 0 Å². The third-order valence-electron chi connectivity index (χ3n) is 5.21. The Morgan fingerprint density at radius 2 is 2.00 bits per heavy atom. The van der Waals surface area contributed by atoms with E-state index < -0.39 is 0 Å². The number of allylic oxidation sites excluding steroid dienone is 1. The van der Waals surface area contributed by atoms with E-state index in [0.29, 0.717) is 10.8 Å². The van der Waals surface area contributed by atoms with Gasteiger partial charge in [0.25, 0.3) is 0 Å². The van der Waals surface area contributed by atoms with Gasteiger partial charge in [-0.3, -0.25) is 0 Å². The third-order valence-corrected chi connectivity index (χ3v) is 5.21. The van der Waals surface area contributed by atoms with Crippen LogP contribution >= 0.6 is 0 Å². The first-order chi connectivity index (χ1) is 8.11. The van der Waals surface area contributed by atoms with Crippen LogP contribution in [-0.2, 0) is 4.74 Å². The maximum atomic E-state index is 5.50. The van der Waals surface area contributed by atoms with Gasteiger partial charge >= 0.3 is 0 Å². The number of hydrogen-bond acceptors (Lipinski definition) is 1. The highest BCUT2D eigenvalue weighted by Gasteiger charge is 2.40. The minimum atomic E-state index is 0.414. The summed E-state index contributed by atoms with van der Waals surface area (Å²) in [5, 5.41) is 0. The van der Waals surface area contributed by atoms with Gasteiger partial charge in [0.15, 0.2) is 0 Å². The minimum absolute atomic E-state index is 0.414. The molecule has 0 aromatic carbocycles. The number of hydrogen-bond donors (Lipinski definition) is 0. The van der Waals surface area contributed by atoms with Gasteiger partial charge in [0.1, 0.15) is 0 Å². The van der Waals surface area contributed by atoms with Crippen LogP contribution < -0.4 is 0 Å². The molecule has 0 aromatic heterocycles. The summed E-state index contributed by atoms with van der Waals surface area (Å²) in [4.78, 5) is 0. The SMILES string of the molecule is C=CC1(C)CCC(CC2(COC)CCCC2)C1. The first kappa shape index (κ1) is 13.1. The van der Waals surface area contributed by atoms with Gasteiger partial charge in [-0.05, 0) is 55.3 Å². The zero-order valence-electron chi connectivity index (χ0n) is 11.6. The molecule has 0 aliphatic heterocycles. The van der Waals surface area contributed by atoms with E-state index in [2.05, 4.69) is 19.6 Å². The Bertz CT molecular complexity index is 265. The van der Waals surface area contributed by atoms with E-state index in [-0.39, 0.29) is 0 Å². The van der Waals surface area contributed by atoms with E-state index >= 15 is 0 Å². The molecule has 2 fully saturated rings. The van der Waals surface area contributed by atoms with E-state index in [0.717, 1.165) is 12.5 Å². The van der Waals surface area contributed by atoms with Crippen LogP contribution in [0.25, 0.3) is 0 Å². The highest BCUT2D eigenvalue weighted by atomic mass is 16.5. The maximum Gasteiger partial charge on any atom is 0.0518 e. The van der Waals surface area contributed by atoms with Gasteiger partial charge < -0.3 is 4.74 Å². The van der Waals surface area contributed by atoms with Crippen LogP contribution in [0.2, 0.25) is 0 Å². The van der Waals surface area contributed by atoms with Crippen molar-refractivity contribution in [3.8, 4) is 0 Å². The highest BCUT2D eigenvalue weighted by Crippen LogP contribution is 2.50. The average molecular weight is 236 g/mol. The van der Waals surface area contributed by atoms with E-state index in [1.54, 1.807) is 0 Å². The summed E-state index contributed by atoms with van der Waals surface area (Å²) in [6.45, 7) is 7.36. The van der Waals surface area contributed by atoms with Crippen molar-refractivity contribution in [3.05, 3.63) is 12.7 Å². The van der Waals surface area contributed by atoms with Crippen molar-refractivity contribution in [2.45, 2.75) is 58.3 Å². The molecule has 0 spiro atoms. The fraction of sp³-hybridized carbons (Fsp3) is 0.875. The van der Waals surface area contributed by atoms with Gasteiger partial charge in [0, 0.05) is 7.11 Å². The van der Waals surface area contributed by atoms with Gasteiger partial charge in [-0.1, -0.05) is 25.8 Å². The summed E-state index contributed by atoms with van der Waals surface area (Å²) in [6, 6.07) is 0. The van der Waals surface area contributed by atoms with Gasteiger partial charge in [-0.15, -0.1) is 6.58 Å². The van der Waals surface area contributed by atoms with Crippen LogP contribution in [0.1, 0.15) is 58.3 Å². The second-order valence-corrected chi connectivity index (χ2v) is 6.81. The predicted octanol–water partition coefficient (Wildman–Crippen LogP) is 4.58. The van der Waals surface area contributed by atoms with Gasteiger partial charge in [0.05, 0.1) is 6.61 Å². The molecule has 17 heavy (non-hydrogen) atoms. The standard InChI is InChI=1S/C16H28O/c1-4-15(2)10-7-14(11-15)12-16(13-17-3)8-5-6-9-16/h4,14H,1,5-13H2,2-3H3. The molecule has 0 N–H and O–H groups in total. The molecule has 0 amide bonds. The van der Waals surface area contributed by atoms with Crippen LogP contribution in [-0.4, -0.2) is 13.7 Å². The molecule has 1 heteroatoms. The fourth-order valence-corrected chi connectivity index (χ4v) is 4.21. The maximum absolute atomic E-state index is 5.50. The van der Waals surface area contributed by atoms with Gasteiger partial charge in [0.2, 0.25) is 0 Å². The van der Waals surface area contributed by atoms with Crippen molar-refractivity contribution in [1.29, 1.82) is 0 Å². The fourth-order valence-electron chi connectivity index (χ4n) is 4.21. The molecule has 0 bridgehead atoms. The molecule has 1 nitrogen and oxygen atoms in total. The molecule has 2 aliphatic carbocycles. The van der Waals surface area contributed by atoms with Crippen molar-refractivity contribution in [2.75, 3.05) is 13.7 Å². The minimum Gasteiger partial charge on any atom is -0.384 e. The molecule has 0 radical (unpaired) electrons. The lowest BCUT2D eigenvalue weighted by Crippen LogP contribution is -2.26. The molecule has 0 saturated heterocycles. The van der Waals surface area contributed by atoms with Crippen LogP contribution in [0.15, 0.2) is 12.7 Å². The number of ether oxygens (including phenoxy) is 1. The summed E-state index contributed by atoms with van der Waals surface area (Å²) < 4.78 is 5.50. The summed E-state index contributed by atoms with van der Waals surface area (Å²) in [5.41, 5.74) is 0.934. The monoisotopic (exact) mass is 236 g/mol. The zero-order valence-corrected chi connectivity index (χ0v) is 11.6. The lowest BCUT2D eigenvalue weighted by Gasteiger charge is -2.31. The normalized spacial score (nSPS) is 36.2. The summed E-state index contributed by atoms with van der Waals surface area (Å²) in [7, 11) is 1.86. The smallest absolute Gasteiger partial charge is 0.0518 e. The molecule has 2 saturated carbocycles. The molecule has 0 aromatic rings. The quantitative estimate of drug-likeness (QED) is 0.635. The van der Waals surface area contributed by atoms with Crippen molar-refractivity contribution >= 4 is 0 Å². The molecule has 98 valence electrons. The molecule has 0 heterocycles. The Balaban J connectivity index is 1.93. The Labute approximate surface area is 107 Å². The average Bonchev–Trinajstić information content (AvgIpc) is 2.89. The highest BCUT2D eigenvalue weighted by molar-refractivity contribution is 4.99. The lowest BCUT2D eigenvalue weighted by molar-refractivity contribution is 0.0627. The number of methoxy groups -OCH3 is 1. The second-order valence-electron chi connectivity index (χ2n) is 6.81. The lowest BCUT2D eigenvalue weighted by atomic mass is 9.76. The topological polar surface area (TPSA) is 9.23 Å². The zero-order chi connectivity index (χ0) is 12.4. The van der Waals surface area contributed by atoms with E-state index in [9.17, 15) is 0 Å². The molecule has 2 rings (SSSR count). The Hall–Kier alpha value is -0.300. The predicted molar refractivity (Wildman–Crippen MR) is 73.0 cm³/mol. The molecule has 2 atom stereocenters. The summed E-state index contributed by atoms with van der Waals surface area (Å²) >= 11 is 0. The largest absolute Gasteiger partial charge is 0.384 e. The van der Waals surface area contributed by atoms with Crippen LogP contribution in [0.5, 0.6) is 0 Å². The van der Waals surface area contributed by atoms with Crippen molar-refractivity contribution < 1.29 is 4.74 Å². The molecule has 2 aliphatic rings. The van der Waals surface area contributed by atoms with Crippen molar-refractivity contribution in [1.82, 2.24) is 0 Å². The Morgan fingerprint density at radius 3 is 2.53 bits per heavy atom. The molecule has 2 unspecified atom stereocenters. The second kappa shape index (κ2) is 5.14. The summed E-state index contributed by atoms with van der Waals surface area (Å²) in [5.74, 6) is 0.909. The van der Waals surface area contributed by atoms with E-state index in [1.807, 2.05) is 7.11 Å². The Kier molecular flexibility index (Phi) is 3.97. The number of rotatable bonds is 5. The molecular weight excluding hydrogens is 208 g/mol.